The Bertz CT molecular complexity index is 1030. The zero-order valence-corrected chi connectivity index (χ0v) is 18.0. The molecule has 10 heteroatoms. The Balaban J connectivity index is 1.80. The lowest BCUT2D eigenvalue weighted by Gasteiger charge is -2.30. The monoisotopic (exact) mass is 458 g/mol. The number of halogens is 3. The van der Waals surface area contributed by atoms with E-state index in [9.17, 15) is 26.4 Å². The zero-order chi connectivity index (χ0) is 22.8. The first-order chi connectivity index (χ1) is 14.5. The van der Waals surface area contributed by atoms with Gasteiger partial charge < -0.3 is 4.74 Å². The fraction of sp³-hybridized carbons (Fsp3) is 0.476. The molecule has 0 radical (unpaired) electrons. The van der Waals surface area contributed by atoms with Crippen LogP contribution in [-0.2, 0) is 19.6 Å². The lowest BCUT2D eigenvalue weighted by molar-refractivity contribution is -0.205. The Morgan fingerprint density at radius 1 is 1.13 bits per heavy atom. The Morgan fingerprint density at radius 3 is 2.39 bits per heavy atom. The van der Waals surface area contributed by atoms with Crippen molar-refractivity contribution in [2.45, 2.75) is 55.9 Å². The molecule has 0 bridgehead atoms. The van der Waals surface area contributed by atoms with Gasteiger partial charge in [-0.1, -0.05) is 36.4 Å². The molecule has 170 valence electrons. The van der Waals surface area contributed by atoms with Gasteiger partial charge in [-0.05, 0) is 38.1 Å². The maximum atomic E-state index is 12.9. The lowest BCUT2D eigenvalue weighted by Crippen LogP contribution is -2.47. The van der Waals surface area contributed by atoms with Crippen molar-refractivity contribution in [3.05, 3.63) is 42.5 Å². The van der Waals surface area contributed by atoms with E-state index < -0.39 is 34.8 Å². The minimum absolute atomic E-state index is 0.00219. The minimum Gasteiger partial charge on any atom is -0.453 e. The highest BCUT2D eigenvalue weighted by molar-refractivity contribution is 7.89. The largest absolute Gasteiger partial charge is 0.490 e. The van der Waals surface area contributed by atoms with Crippen molar-refractivity contribution in [3.63, 3.8) is 0 Å². The number of alkyl halides is 3. The number of carbonyl (C=O) groups excluding carboxylic acids is 1. The first-order valence-electron chi connectivity index (χ1n) is 10.00. The van der Waals surface area contributed by atoms with Crippen LogP contribution in [-0.4, -0.2) is 56.7 Å². The van der Waals surface area contributed by atoms with Gasteiger partial charge >= 0.3 is 12.1 Å². The van der Waals surface area contributed by atoms with Crippen LogP contribution in [0.5, 0.6) is 0 Å². The maximum absolute atomic E-state index is 12.9. The molecule has 1 saturated heterocycles. The standard InChI is InChI=1S/C21H25F3N2O4S/c1-14-10-11-15(2)26(14)13-17(30-20(27)21(22,23)24)12-25-31(28,29)19-9-5-7-16-6-3-4-8-18(16)19/h3-9,14-15,17,25H,10-13H2,1-2H3/t14?,15?,17-/m0/s1. The Labute approximate surface area is 179 Å². The van der Waals surface area contributed by atoms with Gasteiger partial charge in [0.05, 0.1) is 4.90 Å². The predicted molar refractivity (Wildman–Crippen MR) is 110 cm³/mol. The number of hydrogen-bond acceptors (Lipinski definition) is 5. The van der Waals surface area contributed by atoms with Crippen LogP contribution in [0.2, 0.25) is 0 Å². The average molecular weight is 459 g/mol. The summed E-state index contributed by atoms with van der Waals surface area (Å²) in [6.07, 6.45) is -4.72. The van der Waals surface area contributed by atoms with Crippen LogP contribution < -0.4 is 4.72 Å². The van der Waals surface area contributed by atoms with Gasteiger partial charge in [-0.25, -0.2) is 17.9 Å². The maximum Gasteiger partial charge on any atom is 0.490 e. The van der Waals surface area contributed by atoms with Crippen LogP contribution in [0.25, 0.3) is 10.8 Å². The average Bonchev–Trinajstić information content (AvgIpc) is 3.02. The van der Waals surface area contributed by atoms with Crippen molar-refractivity contribution in [3.8, 4) is 0 Å². The summed E-state index contributed by atoms with van der Waals surface area (Å²) in [5.41, 5.74) is 0. The molecule has 0 spiro atoms. The molecule has 0 aliphatic carbocycles. The number of fused-ring (bicyclic) bond motifs is 1. The summed E-state index contributed by atoms with van der Waals surface area (Å²) in [5.74, 6) is -2.33. The van der Waals surface area contributed by atoms with Gasteiger partial charge in [-0.15, -0.1) is 0 Å². The molecule has 1 N–H and O–H groups in total. The molecule has 1 aliphatic rings. The van der Waals surface area contributed by atoms with Crippen LogP contribution >= 0.6 is 0 Å². The summed E-state index contributed by atoms with van der Waals surface area (Å²) in [5, 5.41) is 1.20. The molecule has 1 aliphatic heterocycles. The molecule has 2 aromatic rings. The van der Waals surface area contributed by atoms with E-state index >= 15 is 0 Å². The smallest absolute Gasteiger partial charge is 0.453 e. The van der Waals surface area contributed by atoms with Gasteiger partial charge in [-0.2, -0.15) is 13.2 Å². The summed E-state index contributed by atoms with van der Waals surface area (Å²) in [6.45, 7) is 3.41. The van der Waals surface area contributed by atoms with Crippen molar-refractivity contribution < 1.29 is 31.1 Å². The third-order valence-corrected chi connectivity index (χ3v) is 7.08. The predicted octanol–water partition coefficient (Wildman–Crippen LogP) is 3.47. The first kappa shape index (κ1) is 23.5. The fourth-order valence-electron chi connectivity index (χ4n) is 3.92. The fourth-order valence-corrected chi connectivity index (χ4v) is 5.21. The highest BCUT2D eigenvalue weighted by atomic mass is 32.2. The van der Waals surface area contributed by atoms with Crippen LogP contribution in [0.3, 0.4) is 0 Å². The second-order valence-corrected chi connectivity index (χ2v) is 9.56. The third-order valence-electron chi connectivity index (χ3n) is 5.59. The summed E-state index contributed by atoms with van der Waals surface area (Å²) in [6, 6.07) is 11.9. The highest BCUT2D eigenvalue weighted by Crippen LogP contribution is 2.26. The zero-order valence-electron chi connectivity index (χ0n) is 17.2. The number of sulfonamides is 1. The molecule has 1 fully saturated rings. The van der Waals surface area contributed by atoms with Crippen LogP contribution in [0, 0.1) is 0 Å². The van der Waals surface area contributed by atoms with Crippen molar-refractivity contribution in [2.75, 3.05) is 13.1 Å². The third kappa shape index (κ3) is 5.55. The number of nitrogens with zero attached hydrogens (tertiary/aromatic N) is 1. The number of ether oxygens (including phenoxy) is 1. The van der Waals surface area contributed by atoms with Gasteiger partial charge in [0.1, 0.15) is 6.10 Å². The van der Waals surface area contributed by atoms with Crippen LogP contribution in [0.4, 0.5) is 13.2 Å². The van der Waals surface area contributed by atoms with E-state index in [2.05, 4.69) is 9.46 Å². The molecule has 0 saturated carbocycles. The minimum atomic E-state index is -5.16. The molecule has 0 aromatic heterocycles. The number of hydrogen-bond donors (Lipinski definition) is 1. The molecule has 31 heavy (non-hydrogen) atoms. The number of rotatable bonds is 7. The quantitative estimate of drug-likeness (QED) is 0.643. The summed E-state index contributed by atoms with van der Waals surface area (Å²) >= 11 is 0. The lowest BCUT2D eigenvalue weighted by atomic mass is 10.1. The second-order valence-electron chi connectivity index (χ2n) is 7.83. The normalized spacial score (nSPS) is 21.3. The molecule has 2 unspecified atom stereocenters. The second kappa shape index (κ2) is 9.13. The number of carbonyl (C=O) groups is 1. The number of benzene rings is 2. The van der Waals surface area contributed by atoms with Gasteiger partial charge in [0.2, 0.25) is 10.0 Å². The van der Waals surface area contributed by atoms with E-state index in [0.717, 1.165) is 12.8 Å². The Morgan fingerprint density at radius 2 is 1.74 bits per heavy atom. The molecular weight excluding hydrogens is 433 g/mol. The van der Waals surface area contributed by atoms with E-state index in [-0.39, 0.29) is 23.5 Å². The van der Waals surface area contributed by atoms with E-state index in [4.69, 9.17) is 0 Å². The number of nitrogens with one attached hydrogen (secondary N) is 1. The molecule has 0 amide bonds. The van der Waals surface area contributed by atoms with E-state index in [1.54, 1.807) is 36.4 Å². The molecule has 2 aromatic carbocycles. The molecule has 3 rings (SSSR count). The van der Waals surface area contributed by atoms with Crippen LogP contribution in [0.1, 0.15) is 26.7 Å². The first-order valence-corrected chi connectivity index (χ1v) is 11.5. The number of likely N-dealkylation sites (tertiary alicyclic amines) is 1. The topological polar surface area (TPSA) is 75.7 Å². The molecule has 6 nitrogen and oxygen atoms in total. The molecular formula is C21H25F3N2O4S. The Kier molecular flexibility index (Phi) is 6.92. The van der Waals surface area contributed by atoms with Gasteiger partial charge in [-0.3, -0.25) is 4.90 Å². The SMILES string of the molecule is CC1CCC(C)N1C[C@H](CNS(=O)(=O)c1cccc2ccccc12)OC(=O)C(F)(F)F. The van der Waals surface area contributed by atoms with Gasteiger partial charge in [0.15, 0.2) is 0 Å². The summed E-state index contributed by atoms with van der Waals surface area (Å²) in [4.78, 5) is 13.4. The van der Waals surface area contributed by atoms with E-state index in [1.165, 1.54) is 6.07 Å². The Hall–Kier alpha value is -2.17. The van der Waals surface area contributed by atoms with Crippen molar-refractivity contribution >= 4 is 26.8 Å². The van der Waals surface area contributed by atoms with Crippen molar-refractivity contribution in [1.29, 1.82) is 0 Å². The molecule has 1 heterocycles. The van der Waals surface area contributed by atoms with E-state index in [0.29, 0.717) is 10.8 Å². The van der Waals surface area contributed by atoms with Crippen LogP contribution in [0.15, 0.2) is 47.4 Å². The van der Waals surface area contributed by atoms with Gasteiger partial charge in [0, 0.05) is 30.6 Å². The highest BCUT2D eigenvalue weighted by Gasteiger charge is 2.43. The van der Waals surface area contributed by atoms with E-state index in [1.807, 2.05) is 18.7 Å². The summed E-state index contributed by atoms with van der Waals surface area (Å²) in [7, 11) is -4.05. The number of esters is 1. The van der Waals surface area contributed by atoms with Gasteiger partial charge in [0.25, 0.3) is 0 Å². The van der Waals surface area contributed by atoms with Crippen molar-refractivity contribution in [2.24, 2.45) is 0 Å². The van der Waals surface area contributed by atoms with Crippen molar-refractivity contribution in [1.82, 2.24) is 9.62 Å². The summed E-state index contributed by atoms with van der Waals surface area (Å²) < 4.78 is 71.1. The molecule has 3 atom stereocenters.